The molecule has 0 aliphatic carbocycles. The first-order valence-electron chi connectivity index (χ1n) is 11.6. The molecule has 0 spiro atoms. The minimum atomic E-state index is -0.806. The van der Waals surface area contributed by atoms with Crippen molar-refractivity contribution in [1.29, 1.82) is 0 Å². The van der Waals surface area contributed by atoms with Crippen molar-refractivity contribution in [2.45, 2.75) is 19.8 Å². The van der Waals surface area contributed by atoms with Crippen molar-refractivity contribution in [2.24, 2.45) is 0 Å². The van der Waals surface area contributed by atoms with Gasteiger partial charge in [-0.1, -0.05) is 48.5 Å². The summed E-state index contributed by atoms with van der Waals surface area (Å²) in [5.41, 5.74) is 3.19. The second kappa shape index (κ2) is 12.8. The van der Waals surface area contributed by atoms with E-state index in [0.29, 0.717) is 28.1 Å². The molecule has 0 bridgehead atoms. The number of benzene rings is 2. The number of dihydropyridines is 1. The van der Waals surface area contributed by atoms with Gasteiger partial charge in [0.15, 0.2) is 5.78 Å². The van der Waals surface area contributed by atoms with Crippen LogP contribution in [0.25, 0.3) is 0 Å². The first-order chi connectivity index (χ1) is 17.4. The van der Waals surface area contributed by atoms with E-state index in [1.165, 1.54) is 14.2 Å². The lowest BCUT2D eigenvalue weighted by molar-refractivity contribution is -0.141. The molecule has 1 aliphatic heterocycles. The van der Waals surface area contributed by atoms with Crippen LogP contribution < -0.4 is 5.32 Å². The van der Waals surface area contributed by atoms with E-state index in [1.54, 1.807) is 62.4 Å². The van der Waals surface area contributed by atoms with Crippen molar-refractivity contribution < 1.29 is 33.3 Å². The van der Waals surface area contributed by atoms with Crippen molar-refractivity contribution in [1.82, 2.24) is 5.32 Å². The van der Waals surface area contributed by atoms with Gasteiger partial charge in [0, 0.05) is 36.7 Å². The molecule has 2 aromatic rings. The average molecular weight is 494 g/mol. The zero-order valence-corrected chi connectivity index (χ0v) is 21.0. The number of allylic oxidation sites excluding steroid dienone is 2. The molecular weight excluding hydrogens is 462 g/mol. The number of esters is 2. The molecule has 0 saturated carbocycles. The number of carbonyl (C=O) groups excluding carboxylic acids is 3. The number of hydrogen-bond donors (Lipinski definition) is 1. The second-order valence-electron chi connectivity index (χ2n) is 8.21. The summed E-state index contributed by atoms with van der Waals surface area (Å²) in [6.45, 7) is 4.07. The summed E-state index contributed by atoms with van der Waals surface area (Å²) in [7, 11) is 3.03. The van der Waals surface area contributed by atoms with Crippen LogP contribution >= 0.6 is 0 Å². The third-order valence-corrected chi connectivity index (χ3v) is 5.76. The predicted molar refractivity (Wildman–Crippen MR) is 133 cm³/mol. The summed E-state index contributed by atoms with van der Waals surface area (Å²) < 4.78 is 20.8. The monoisotopic (exact) mass is 493 g/mol. The van der Waals surface area contributed by atoms with Crippen LogP contribution in [0.3, 0.4) is 0 Å². The van der Waals surface area contributed by atoms with Gasteiger partial charge in [-0.15, -0.1) is 0 Å². The van der Waals surface area contributed by atoms with Crippen molar-refractivity contribution >= 4 is 17.7 Å². The Labute approximate surface area is 210 Å². The van der Waals surface area contributed by atoms with E-state index in [-0.39, 0.29) is 43.4 Å². The van der Waals surface area contributed by atoms with Gasteiger partial charge >= 0.3 is 11.9 Å². The molecule has 8 heteroatoms. The van der Waals surface area contributed by atoms with Gasteiger partial charge in [-0.2, -0.15) is 0 Å². The van der Waals surface area contributed by atoms with E-state index in [2.05, 4.69) is 5.32 Å². The van der Waals surface area contributed by atoms with Crippen molar-refractivity contribution in [3.8, 4) is 0 Å². The van der Waals surface area contributed by atoms with Crippen LogP contribution in [0.5, 0.6) is 0 Å². The third-order valence-electron chi connectivity index (χ3n) is 5.76. The van der Waals surface area contributed by atoms with Crippen LogP contribution in [0.15, 0.2) is 77.1 Å². The summed E-state index contributed by atoms with van der Waals surface area (Å²) in [5, 5.41) is 3.11. The van der Waals surface area contributed by atoms with Gasteiger partial charge in [-0.25, -0.2) is 9.59 Å². The minimum Gasteiger partial charge on any atom is -0.460 e. The van der Waals surface area contributed by atoms with Crippen molar-refractivity contribution in [3.63, 3.8) is 0 Å². The fourth-order valence-corrected chi connectivity index (χ4v) is 4.08. The molecule has 0 radical (unpaired) electrons. The molecule has 1 aliphatic rings. The Kier molecular flexibility index (Phi) is 9.55. The molecule has 0 saturated heterocycles. The number of ether oxygens (including phenoxy) is 4. The number of methoxy groups -OCH3 is 2. The normalized spacial score (nSPS) is 13.9. The first kappa shape index (κ1) is 26.8. The highest BCUT2D eigenvalue weighted by atomic mass is 16.6. The Balaban J connectivity index is 2.07. The van der Waals surface area contributed by atoms with E-state index in [4.69, 9.17) is 18.9 Å². The number of rotatable bonds is 11. The van der Waals surface area contributed by atoms with E-state index < -0.39 is 17.9 Å². The Hall–Kier alpha value is -3.75. The molecule has 0 fully saturated rings. The maximum atomic E-state index is 13.2. The Morgan fingerprint density at radius 2 is 1.25 bits per heavy atom. The van der Waals surface area contributed by atoms with Crippen LogP contribution in [0, 0.1) is 0 Å². The Morgan fingerprint density at radius 3 is 1.78 bits per heavy atom. The van der Waals surface area contributed by atoms with Crippen LogP contribution in [0.1, 0.15) is 41.3 Å². The Morgan fingerprint density at radius 1 is 0.722 bits per heavy atom. The van der Waals surface area contributed by atoms with Crippen LogP contribution in [-0.2, 0) is 28.5 Å². The minimum absolute atomic E-state index is 0.0572. The van der Waals surface area contributed by atoms with Gasteiger partial charge < -0.3 is 24.3 Å². The second-order valence-corrected chi connectivity index (χ2v) is 8.21. The first-order valence-corrected chi connectivity index (χ1v) is 11.6. The van der Waals surface area contributed by atoms with Gasteiger partial charge in [-0.05, 0) is 25.5 Å². The molecule has 3 rings (SSSR count). The molecule has 0 atom stereocenters. The highest BCUT2D eigenvalue weighted by Gasteiger charge is 2.38. The molecular formula is C28H31NO7. The summed E-state index contributed by atoms with van der Waals surface area (Å²) in [4.78, 5) is 39.6. The number of hydrogen-bond acceptors (Lipinski definition) is 8. The maximum Gasteiger partial charge on any atom is 0.336 e. The number of ketones is 1. The van der Waals surface area contributed by atoms with Crippen molar-refractivity contribution in [2.75, 3.05) is 40.6 Å². The lowest BCUT2D eigenvalue weighted by Crippen LogP contribution is -2.33. The van der Waals surface area contributed by atoms with Gasteiger partial charge in [0.1, 0.15) is 13.2 Å². The van der Waals surface area contributed by atoms with E-state index in [9.17, 15) is 14.4 Å². The molecule has 0 aromatic heterocycles. The summed E-state index contributed by atoms with van der Waals surface area (Å²) >= 11 is 0. The lowest BCUT2D eigenvalue weighted by atomic mass is 9.79. The van der Waals surface area contributed by atoms with Gasteiger partial charge in [0.2, 0.25) is 0 Å². The summed E-state index contributed by atoms with van der Waals surface area (Å²) in [5.74, 6) is -2.14. The van der Waals surface area contributed by atoms with Crippen LogP contribution in [-0.4, -0.2) is 58.4 Å². The molecule has 190 valence electrons. The largest absolute Gasteiger partial charge is 0.460 e. The molecule has 0 amide bonds. The number of nitrogens with one attached hydrogen (secondary N) is 1. The predicted octanol–water partition coefficient (Wildman–Crippen LogP) is 3.53. The molecule has 0 unspecified atom stereocenters. The standard InChI is InChI=1S/C28H31NO7/c1-18-23(27(31)35-15-13-33-3)25(24(19(2)29-18)28(32)36-16-14-34-4)21-11-8-12-22(17-21)26(30)20-9-6-5-7-10-20/h5-12,17,25,29H,13-16H2,1-4H3. The average Bonchev–Trinajstić information content (AvgIpc) is 2.88. The molecule has 2 aromatic carbocycles. The highest BCUT2D eigenvalue weighted by molar-refractivity contribution is 6.09. The third kappa shape index (κ3) is 6.27. The van der Waals surface area contributed by atoms with Crippen LogP contribution in [0.4, 0.5) is 0 Å². The molecule has 1 heterocycles. The fraction of sp³-hybridized carbons (Fsp3) is 0.321. The molecule has 8 nitrogen and oxygen atoms in total. The van der Waals surface area contributed by atoms with Crippen LogP contribution in [0.2, 0.25) is 0 Å². The zero-order valence-electron chi connectivity index (χ0n) is 21.0. The number of carbonyl (C=O) groups is 3. The smallest absolute Gasteiger partial charge is 0.336 e. The fourth-order valence-electron chi connectivity index (χ4n) is 4.08. The molecule has 36 heavy (non-hydrogen) atoms. The van der Waals surface area contributed by atoms with Gasteiger partial charge in [0.25, 0.3) is 0 Å². The van der Waals surface area contributed by atoms with E-state index >= 15 is 0 Å². The highest BCUT2D eigenvalue weighted by Crippen LogP contribution is 2.39. The zero-order chi connectivity index (χ0) is 26.1. The summed E-state index contributed by atoms with van der Waals surface area (Å²) in [6.07, 6.45) is 0. The lowest BCUT2D eigenvalue weighted by Gasteiger charge is -2.30. The summed E-state index contributed by atoms with van der Waals surface area (Å²) in [6, 6.07) is 15.8. The van der Waals surface area contributed by atoms with Gasteiger partial charge in [0.05, 0.1) is 30.3 Å². The van der Waals surface area contributed by atoms with Crippen molar-refractivity contribution in [3.05, 3.63) is 93.8 Å². The van der Waals surface area contributed by atoms with E-state index in [0.717, 1.165) is 0 Å². The maximum absolute atomic E-state index is 13.2. The topological polar surface area (TPSA) is 100 Å². The quantitative estimate of drug-likeness (QED) is 0.288. The van der Waals surface area contributed by atoms with E-state index in [1.807, 2.05) is 6.07 Å². The SMILES string of the molecule is COCCOC(=O)C1=C(C)NC(C)=C(C(=O)OCCOC)C1c1cccc(C(=O)c2ccccc2)c1. The molecule has 1 N–H and O–H groups in total. The van der Waals surface area contributed by atoms with Gasteiger partial charge in [-0.3, -0.25) is 4.79 Å². The Bertz CT molecular complexity index is 1120.